The van der Waals surface area contributed by atoms with E-state index in [2.05, 4.69) is 21.8 Å². The van der Waals surface area contributed by atoms with Crippen LogP contribution in [0, 0.1) is 6.92 Å². The number of hydrogen-bond acceptors (Lipinski definition) is 4. The lowest BCUT2D eigenvalue weighted by molar-refractivity contribution is 0.0746. The monoisotopic (exact) mass is 435 g/mol. The summed E-state index contributed by atoms with van der Waals surface area (Å²) in [6, 6.07) is 23.5. The highest BCUT2D eigenvalue weighted by Crippen LogP contribution is 2.24. The number of amides is 1. The zero-order chi connectivity index (χ0) is 21.8. The standard InChI is InChI=1S/C24H25N3O3S/c1-19-22(13-8-14-23(19)25-31(29,30)21-11-6-3-7-12-21)24(28)27-17-15-26(16-18-27)20-9-4-2-5-10-20/h2-14,25H,15-18H2,1H3. The summed E-state index contributed by atoms with van der Waals surface area (Å²) in [6.45, 7) is 4.53. The molecule has 1 heterocycles. The molecular formula is C24H25N3O3S. The molecule has 0 bridgehead atoms. The minimum Gasteiger partial charge on any atom is -0.368 e. The molecule has 0 atom stereocenters. The largest absolute Gasteiger partial charge is 0.368 e. The number of para-hydroxylation sites is 1. The molecule has 0 unspecified atom stereocenters. The molecule has 1 saturated heterocycles. The molecule has 7 heteroatoms. The van der Waals surface area contributed by atoms with Gasteiger partial charge in [-0.05, 0) is 48.9 Å². The van der Waals surface area contributed by atoms with Gasteiger partial charge in [-0.25, -0.2) is 8.42 Å². The van der Waals surface area contributed by atoms with Gasteiger partial charge in [-0.15, -0.1) is 0 Å². The van der Waals surface area contributed by atoms with Gasteiger partial charge in [0.15, 0.2) is 0 Å². The second kappa shape index (κ2) is 8.81. The topological polar surface area (TPSA) is 69.7 Å². The average molecular weight is 436 g/mol. The van der Waals surface area contributed by atoms with Crippen molar-refractivity contribution in [2.24, 2.45) is 0 Å². The van der Waals surface area contributed by atoms with E-state index in [-0.39, 0.29) is 10.8 Å². The van der Waals surface area contributed by atoms with Gasteiger partial charge in [0.05, 0.1) is 10.6 Å². The summed E-state index contributed by atoms with van der Waals surface area (Å²) in [6.07, 6.45) is 0. The molecule has 160 valence electrons. The highest BCUT2D eigenvalue weighted by Gasteiger charge is 2.24. The van der Waals surface area contributed by atoms with Crippen LogP contribution < -0.4 is 9.62 Å². The number of sulfonamides is 1. The predicted octanol–water partition coefficient (Wildman–Crippen LogP) is 3.76. The third kappa shape index (κ3) is 4.56. The van der Waals surface area contributed by atoms with E-state index in [9.17, 15) is 13.2 Å². The number of carbonyl (C=O) groups excluding carboxylic acids is 1. The zero-order valence-electron chi connectivity index (χ0n) is 17.4. The Kier molecular flexibility index (Phi) is 5.95. The Hall–Kier alpha value is -3.32. The van der Waals surface area contributed by atoms with Crippen molar-refractivity contribution in [1.82, 2.24) is 4.90 Å². The summed E-state index contributed by atoms with van der Waals surface area (Å²) in [5.74, 6) is -0.0778. The first kappa shape index (κ1) is 20.9. The van der Waals surface area contributed by atoms with Gasteiger partial charge in [-0.2, -0.15) is 0 Å². The lowest BCUT2D eigenvalue weighted by atomic mass is 10.1. The van der Waals surface area contributed by atoms with Crippen molar-refractivity contribution in [2.45, 2.75) is 11.8 Å². The number of rotatable bonds is 5. The maximum atomic E-state index is 13.2. The summed E-state index contributed by atoms with van der Waals surface area (Å²) in [5, 5.41) is 0. The van der Waals surface area contributed by atoms with Gasteiger partial charge in [-0.1, -0.05) is 42.5 Å². The highest BCUT2D eigenvalue weighted by atomic mass is 32.2. The number of anilines is 2. The fourth-order valence-corrected chi connectivity index (χ4v) is 4.90. The molecule has 1 aliphatic heterocycles. The van der Waals surface area contributed by atoms with Crippen LogP contribution in [0.5, 0.6) is 0 Å². The summed E-state index contributed by atoms with van der Waals surface area (Å²) in [7, 11) is -3.72. The van der Waals surface area contributed by atoms with Crippen LogP contribution in [0.25, 0.3) is 0 Å². The first-order chi connectivity index (χ1) is 15.0. The molecule has 1 amide bonds. The van der Waals surface area contributed by atoms with E-state index < -0.39 is 10.0 Å². The molecule has 1 N–H and O–H groups in total. The molecule has 1 fully saturated rings. The second-order valence-corrected chi connectivity index (χ2v) is 9.19. The molecule has 3 aromatic rings. The van der Waals surface area contributed by atoms with Crippen LogP contribution in [0.3, 0.4) is 0 Å². The minimum absolute atomic E-state index is 0.0778. The predicted molar refractivity (Wildman–Crippen MR) is 123 cm³/mol. The number of carbonyl (C=O) groups is 1. The van der Waals surface area contributed by atoms with E-state index in [1.54, 1.807) is 55.5 Å². The molecule has 0 aliphatic carbocycles. The molecular weight excluding hydrogens is 410 g/mol. The lowest BCUT2D eigenvalue weighted by Gasteiger charge is -2.36. The van der Waals surface area contributed by atoms with Crippen molar-refractivity contribution in [1.29, 1.82) is 0 Å². The fraction of sp³-hybridized carbons (Fsp3) is 0.208. The van der Waals surface area contributed by atoms with E-state index in [0.29, 0.717) is 29.9 Å². The van der Waals surface area contributed by atoms with Gasteiger partial charge in [-0.3, -0.25) is 9.52 Å². The van der Waals surface area contributed by atoms with Crippen LogP contribution in [0.1, 0.15) is 15.9 Å². The van der Waals surface area contributed by atoms with Gasteiger partial charge in [0, 0.05) is 37.4 Å². The van der Waals surface area contributed by atoms with Gasteiger partial charge >= 0.3 is 0 Å². The molecule has 0 saturated carbocycles. The molecule has 0 radical (unpaired) electrons. The van der Waals surface area contributed by atoms with Gasteiger partial charge in [0.25, 0.3) is 15.9 Å². The van der Waals surface area contributed by atoms with Crippen molar-refractivity contribution in [3.05, 3.63) is 90.0 Å². The van der Waals surface area contributed by atoms with Crippen LogP contribution >= 0.6 is 0 Å². The van der Waals surface area contributed by atoms with Crippen LogP contribution in [0.15, 0.2) is 83.8 Å². The molecule has 31 heavy (non-hydrogen) atoms. The summed E-state index contributed by atoms with van der Waals surface area (Å²) >= 11 is 0. The summed E-state index contributed by atoms with van der Waals surface area (Å²) in [5.41, 5.74) is 2.71. The molecule has 3 aromatic carbocycles. The Balaban J connectivity index is 1.49. The van der Waals surface area contributed by atoms with Gasteiger partial charge < -0.3 is 9.80 Å². The maximum absolute atomic E-state index is 13.2. The number of benzene rings is 3. The van der Waals surface area contributed by atoms with Crippen molar-refractivity contribution < 1.29 is 13.2 Å². The molecule has 4 rings (SSSR count). The number of nitrogens with zero attached hydrogens (tertiary/aromatic N) is 2. The minimum atomic E-state index is -3.72. The molecule has 0 spiro atoms. The Morgan fingerprint density at radius 2 is 1.42 bits per heavy atom. The van der Waals surface area contributed by atoms with E-state index >= 15 is 0 Å². The summed E-state index contributed by atoms with van der Waals surface area (Å²) < 4.78 is 28.0. The smallest absolute Gasteiger partial charge is 0.261 e. The van der Waals surface area contributed by atoms with Crippen LogP contribution in [0.4, 0.5) is 11.4 Å². The third-order valence-electron chi connectivity index (χ3n) is 5.55. The Morgan fingerprint density at radius 3 is 2.06 bits per heavy atom. The second-order valence-electron chi connectivity index (χ2n) is 7.51. The van der Waals surface area contributed by atoms with E-state index in [0.717, 1.165) is 18.8 Å². The van der Waals surface area contributed by atoms with E-state index in [1.807, 2.05) is 23.1 Å². The SMILES string of the molecule is Cc1c(NS(=O)(=O)c2ccccc2)cccc1C(=O)N1CCN(c2ccccc2)CC1. The first-order valence-electron chi connectivity index (χ1n) is 10.2. The van der Waals surface area contributed by atoms with Gasteiger partial charge in [0.1, 0.15) is 0 Å². The molecule has 1 aliphatic rings. The van der Waals surface area contributed by atoms with Crippen molar-refractivity contribution in [2.75, 3.05) is 35.8 Å². The van der Waals surface area contributed by atoms with Crippen molar-refractivity contribution >= 4 is 27.3 Å². The van der Waals surface area contributed by atoms with Crippen LogP contribution in [-0.2, 0) is 10.0 Å². The fourth-order valence-electron chi connectivity index (χ4n) is 3.76. The lowest BCUT2D eigenvalue weighted by Crippen LogP contribution is -2.49. The quantitative estimate of drug-likeness (QED) is 0.663. The van der Waals surface area contributed by atoms with Crippen molar-refractivity contribution in [3.63, 3.8) is 0 Å². The molecule has 0 aromatic heterocycles. The maximum Gasteiger partial charge on any atom is 0.261 e. The van der Waals surface area contributed by atoms with Crippen LogP contribution in [-0.4, -0.2) is 45.4 Å². The summed E-state index contributed by atoms with van der Waals surface area (Å²) in [4.78, 5) is 17.5. The number of piperazine rings is 1. The third-order valence-corrected chi connectivity index (χ3v) is 6.93. The number of nitrogens with one attached hydrogen (secondary N) is 1. The average Bonchev–Trinajstić information content (AvgIpc) is 2.81. The Morgan fingerprint density at radius 1 is 0.806 bits per heavy atom. The highest BCUT2D eigenvalue weighted by molar-refractivity contribution is 7.92. The number of hydrogen-bond donors (Lipinski definition) is 1. The van der Waals surface area contributed by atoms with E-state index in [1.165, 1.54) is 0 Å². The van der Waals surface area contributed by atoms with Crippen LogP contribution in [0.2, 0.25) is 0 Å². The van der Waals surface area contributed by atoms with E-state index in [4.69, 9.17) is 0 Å². The van der Waals surface area contributed by atoms with Gasteiger partial charge in [0.2, 0.25) is 0 Å². The normalized spacial score (nSPS) is 14.4. The Labute approximate surface area is 183 Å². The van der Waals surface area contributed by atoms with Crippen molar-refractivity contribution in [3.8, 4) is 0 Å². The zero-order valence-corrected chi connectivity index (χ0v) is 18.2. The molecule has 6 nitrogen and oxygen atoms in total. The first-order valence-corrected chi connectivity index (χ1v) is 11.7. The Bertz CT molecular complexity index is 1160.